The van der Waals surface area contributed by atoms with Crippen LogP contribution in [0.3, 0.4) is 0 Å². The second-order valence-corrected chi connectivity index (χ2v) is 7.69. The van der Waals surface area contributed by atoms with E-state index < -0.39 is 0 Å². The molecule has 0 amide bonds. The number of aromatic nitrogens is 1. The fourth-order valence-electron chi connectivity index (χ4n) is 3.09. The van der Waals surface area contributed by atoms with Gasteiger partial charge in [0.2, 0.25) is 0 Å². The second kappa shape index (κ2) is 5.70. The zero-order valence-corrected chi connectivity index (χ0v) is 12.5. The zero-order valence-electron chi connectivity index (χ0n) is 11.7. The molecule has 0 spiro atoms. The fourth-order valence-corrected chi connectivity index (χ4v) is 3.73. The molecule has 0 radical (unpaired) electrons. The molecule has 0 bridgehead atoms. The van der Waals surface area contributed by atoms with Gasteiger partial charge in [-0.15, -0.1) is 11.3 Å². The lowest BCUT2D eigenvalue weighted by atomic mass is 9.68. The van der Waals surface area contributed by atoms with Crippen LogP contribution in [0, 0.1) is 17.3 Å². The SMILES string of the molecule is CC(C)(C)C1CCC(C(O)Cc2cncs2)CC1. The molecule has 1 unspecified atom stereocenters. The minimum absolute atomic E-state index is 0.175. The van der Waals surface area contributed by atoms with E-state index in [0.717, 1.165) is 12.3 Å². The Kier molecular flexibility index (Phi) is 4.44. The highest BCUT2D eigenvalue weighted by Gasteiger charge is 2.32. The van der Waals surface area contributed by atoms with E-state index in [0.29, 0.717) is 11.3 Å². The average Bonchev–Trinajstić information content (AvgIpc) is 2.81. The predicted molar refractivity (Wildman–Crippen MR) is 76.7 cm³/mol. The van der Waals surface area contributed by atoms with Crippen LogP contribution in [0.5, 0.6) is 0 Å². The maximum absolute atomic E-state index is 10.3. The van der Waals surface area contributed by atoms with Crippen LogP contribution in [-0.2, 0) is 6.42 Å². The van der Waals surface area contributed by atoms with Gasteiger partial charge in [0.05, 0.1) is 11.6 Å². The van der Waals surface area contributed by atoms with Gasteiger partial charge in [-0.1, -0.05) is 20.8 Å². The average molecular weight is 267 g/mol. The summed E-state index contributed by atoms with van der Waals surface area (Å²) in [4.78, 5) is 5.28. The zero-order chi connectivity index (χ0) is 13.2. The summed E-state index contributed by atoms with van der Waals surface area (Å²) < 4.78 is 0. The van der Waals surface area contributed by atoms with Gasteiger partial charge >= 0.3 is 0 Å². The maximum atomic E-state index is 10.3. The number of thiazole rings is 1. The van der Waals surface area contributed by atoms with Crippen LogP contribution in [0.2, 0.25) is 0 Å². The Morgan fingerprint density at radius 2 is 2.00 bits per heavy atom. The quantitative estimate of drug-likeness (QED) is 0.901. The largest absolute Gasteiger partial charge is 0.392 e. The van der Waals surface area contributed by atoms with Gasteiger partial charge < -0.3 is 5.11 Å². The summed E-state index contributed by atoms with van der Waals surface area (Å²) in [6.45, 7) is 7.02. The molecule has 3 heteroatoms. The van der Waals surface area contributed by atoms with Crippen LogP contribution in [0.4, 0.5) is 0 Å². The van der Waals surface area contributed by atoms with Gasteiger partial charge in [0, 0.05) is 17.5 Å². The van der Waals surface area contributed by atoms with Gasteiger partial charge in [-0.3, -0.25) is 4.98 Å². The van der Waals surface area contributed by atoms with Crippen LogP contribution in [-0.4, -0.2) is 16.2 Å². The monoisotopic (exact) mass is 267 g/mol. The molecule has 1 fully saturated rings. The molecule has 1 aliphatic rings. The van der Waals surface area contributed by atoms with Crippen molar-refractivity contribution < 1.29 is 5.11 Å². The van der Waals surface area contributed by atoms with E-state index in [-0.39, 0.29) is 6.10 Å². The summed E-state index contributed by atoms with van der Waals surface area (Å²) in [5.74, 6) is 1.31. The first kappa shape index (κ1) is 14.0. The Morgan fingerprint density at radius 3 is 2.50 bits per heavy atom. The number of hydrogen-bond acceptors (Lipinski definition) is 3. The standard InChI is InChI=1S/C15H25NOS/c1-15(2,3)12-6-4-11(5-7-12)14(17)8-13-9-16-10-18-13/h9-12,14,17H,4-8H2,1-3H3. The molecule has 1 aromatic rings. The molecule has 1 N–H and O–H groups in total. The molecule has 0 aliphatic heterocycles. The van der Waals surface area contributed by atoms with E-state index in [1.54, 1.807) is 11.3 Å². The molecule has 18 heavy (non-hydrogen) atoms. The third kappa shape index (κ3) is 3.55. The highest BCUT2D eigenvalue weighted by atomic mass is 32.1. The Morgan fingerprint density at radius 1 is 1.33 bits per heavy atom. The van der Waals surface area contributed by atoms with Gasteiger partial charge in [0.25, 0.3) is 0 Å². The van der Waals surface area contributed by atoms with Crippen LogP contribution in [0.15, 0.2) is 11.7 Å². The first-order valence-electron chi connectivity index (χ1n) is 7.02. The summed E-state index contributed by atoms with van der Waals surface area (Å²) in [7, 11) is 0. The summed E-state index contributed by atoms with van der Waals surface area (Å²) in [6, 6.07) is 0. The smallest absolute Gasteiger partial charge is 0.0794 e. The Hall–Kier alpha value is -0.410. The van der Waals surface area contributed by atoms with Gasteiger partial charge in [0.15, 0.2) is 0 Å². The molecule has 1 heterocycles. The minimum Gasteiger partial charge on any atom is -0.392 e. The molecule has 1 aromatic heterocycles. The van der Waals surface area contributed by atoms with Gasteiger partial charge in [-0.05, 0) is 42.9 Å². The van der Waals surface area contributed by atoms with Crippen molar-refractivity contribution in [3.63, 3.8) is 0 Å². The van der Waals surface area contributed by atoms with Gasteiger partial charge in [0.1, 0.15) is 0 Å². The maximum Gasteiger partial charge on any atom is 0.0794 e. The van der Waals surface area contributed by atoms with Crippen molar-refractivity contribution in [2.75, 3.05) is 0 Å². The molecule has 0 aromatic carbocycles. The van der Waals surface area contributed by atoms with Gasteiger partial charge in [-0.2, -0.15) is 0 Å². The topological polar surface area (TPSA) is 33.1 Å². The third-order valence-corrected chi connectivity index (χ3v) is 5.24. The van der Waals surface area contributed by atoms with E-state index in [9.17, 15) is 5.11 Å². The fraction of sp³-hybridized carbons (Fsp3) is 0.800. The third-order valence-electron chi connectivity index (χ3n) is 4.43. The summed E-state index contributed by atoms with van der Waals surface area (Å²) in [5, 5.41) is 10.3. The van der Waals surface area contributed by atoms with Crippen LogP contribution < -0.4 is 0 Å². The molecule has 0 saturated heterocycles. The van der Waals surface area contributed by atoms with E-state index in [4.69, 9.17) is 0 Å². The number of hydrogen-bond donors (Lipinski definition) is 1. The Bertz CT molecular complexity index is 347. The van der Waals surface area contributed by atoms with E-state index in [1.807, 2.05) is 11.7 Å². The van der Waals surface area contributed by atoms with Gasteiger partial charge in [-0.25, -0.2) is 0 Å². The molecule has 2 rings (SSSR count). The first-order chi connectivity index (χ1) is 8.47. The predicted octanol–water partition coefficient (Wildman–Crippen LogP) is 3.90. The van der Waals surface area contributed by atoms with Crippen LogP contribution in [0.1, 0.15) is 51.3 Å². The molecular formula is C15H25NOS. The lowest BCUT2D eigenvalue weighted by molar-refractivity contribution is 0.0541. The van der Waals surface area contributed by atoms with Crippen molar-refractivity contribution in [3.8, 4) is 0 Å². The van der Waals surface area contributed by atoms with Crippen molar-refractivity contribution >= 4 is 11.3 Å². The van der Waals surface area contributed by atoms with Crippen LogP contribution >= 0.6 is 11.3 Å². The van der Waals surface area contributed by atoms with Crippen molar-refractivity contribution in [3.05, 3.63) is 16.6 Å². The minimum atomic E-state index is -0.175. The van der Waals surface area contributed by atoms with Crippen LogP contribution in [0.25, 0.3) is 0 Å². The number of aliphatic hydroxyl groups excluding tert-OH is 1. The van der Waals surface area contributed by atoms with Crippen molar-refractivity contribution in [1.82, 2.24) is 4.98 Å². The number of aliphatic hydroxyl groups is 1. The molecular weight excluding hydrogens is 242 g/mol. The summed E-state index contributed by atoms with van der Waals surface area (Å²) in [5.41, 5.74) is 2.27. The Balaban J connectivity index is 1.82. The highest BCUT2D eigenvalue weighted by molar-refractivity contribution is 7.09. The van der Waals surface area contributed by atoms with E-state index >= 15 is 0 Å². The summed E-state index contributed by atoms with van der Waals surface area (Å²) >= 11 is 1.65. The van der Waals surface area contributed by atoms with Crippen molar-refractivity contribution in [2.45, 2.75) is 59.0 Å². The molecule has 2 nitrogen and oxygen atoms in total. The lowest BCUT2D eigenvalue weighted by Crippen LogP contribution is -2.31. The molecule has 1 atom stereocenters. The lowest BCUT2D eigenvalue weighted by Gasteiger charge is -2.38. The number of rotatable bonds is 3. The van der Waals surface area contributed by atoms with E-state index in [2.05, 4.69) is 25.8 Å². The number of nitrogens with zero attached hydrogens (tertiary/aromatic N) is 1. The molecule has 1 saturated carbocycles. The Labute approximate surface area is 114 Å². The molecule has 102 valence electrons. The van der Waals surface area contributed by atoms with Crippen molar-refractivity contribution in [1.29, 1.82) is 0 Å². The summed E-state index contributed by atoms with van der Waals surface area (Å²) in [6.07, 6.45) is 7.40. The second-order valence-electron chi connectivity index (χ2n) is 6.72. The van der Waals surface area contributed by atoms with Crippen molar-refractivity contribution in [2.24, 2.45) is 17.3 Å². The van der Waals surface area contributed by atoms with E-state index in [1.165, 1.54) is 30.6 Å². The highest BCUT2D eigenvalue weighted by Crippen LogP contribution is 2.41. The first-order valence-corrected chi connectivity index (χ1v) is 7.90. The normalized spacial score (nSPS) is 27.1. The molecule has 1 aliphatic carbocycles.